The van der Waals surface area contributed by atoms with Gasteiger partial charge in [-0.1, -0.05) is 6.07 Å². The van der Waals surface area contributed by atoms with E-state index in [4.69, 9.17) is 21.4 Å². The average molecular weight is 414 g/mol. The maximum absolute atomic E-state index is 6.29. The first-order valence-electron chi connectivity index (χ1n) is 10.1. The molecule has 152 valence electrons. The van der Waals surface area contributed by atoms with Crippen LogP contribution < -0.4 is 4.90 Å². The van der Waals surface area contributed by atoms with Gasteiger partial charge in [0, 0.05) is 45.1 Å². The van der Waals surface area contributed by atoms with E-state index in [1.54, 1.807) is 0 Å². The number of piperidine rings is 1. The smallest absolute Gasteiger partial charge is 0.226 e. The fourth-order valence-electron chi connectivity index (χ4n) is 4.24. The topological polar surface area (TPSA) is 72.2 Å². The summed E-state index contributed by atoms with van der Waals surface area (Å²) in [6.07, 6.45) is 7.71. The van der Waals surface area contributed by atoms with E-state index < -0.39 is 0 Å². The molecule has 0 saturated carbocycles. The second-order valence-corrected chi connectivity index (χ2v) is 7.95. The van der Waals surface area contributed by atoms with Crippen LogP contribution in [-0.2, 0) is 11.3 Å². The summed E-state index contributed by atoms with van der Waals surface area (Å²) in [5.74, 6) is 0.864. The largest absolute Gasteiger partial charge is 0.378 e. The molecule has 0 spiro atoms. The summed E-state index contributed by atoms with van der Waals surface area (Å²) < 4.78 is 7.52. The van der Waals surface area contributed by atoms with Crippen LogP contribution in [0.3, 0.4) is 0 Å². The molecule has 2 aliphatic heterocycles. The van der Waals surface area contributed by atoms with Gasteiger partial charge in [-0.2, -0.15) is 15.1 Å². The van der Waals surface area contributed by atoms with Crippen LogP contribution in [-0.4, -0.2) is 69.0 Å². The van der Waals surface area contributed by atoms with Gasteiger partial charge in [-0.25, -0.2) is 4.68 Å². The lowest BCUT2D eigenvalue weighted by Crippen LogP contribution is -2.37. The van der Waals surface area contributed by atoms with Gasteiger partial charge in [0.1, 0.15) is 5.82 Å². The van der Waals surface area contributed by atoms with Gasteiger partial charge < -0.3 is 9.64 Å². The van der Waals surface area contributed by atoms with Gasteiger partial charge in [-0.15, -0.1) is 0 Å². The molecular weight excluding hydrogens is 390 g/mol. The minimum Gasteiger partial charge on any atom is -0.378 e. The second-order valence-electron chi connectivity index (χ2n) is 7.61. The van der Waals surface area contributed by atoms with Crippen molar-refractivity contribution in [1.82, 2.24) is 29.6 Å². The van der Waals surface area contributed by atoms with Gasteiger partial charge in [-0.05, 0) is 36.1 Å². The number of likely N-dealkylation sites (tertiary alicyclic amines) is 1. The number of anilines is 1. The van der Waals surface area contributed by atoms with Crippen molar-refractivity contribution in [3.63, 3.8) is 0 Å². The number of pyridine rings is 1. The van der Waals surface area contributed by atoms with Crippen molar-refractivity contribution >= 4 is 28.5 Å². The summed E-state index contributed by atoms with van der Waals surface area (Å²) in [4.78, 5) is 17.9. The Bertz CT molecular complexity index is 966. The maximum Gasteiger partial charge on any atom is 0.226 e. The molecule has 0 aromatic carbocycles. The molecule has 3 aromatic heterocycles. The molecule has 5 heterocycles. The minimum absolute atomic E-state index is 0.273. The SMILES string of the molecule is Clc1nc(N2CCOCC2)c2cnn(C3CCN(Cc4cccnc4)CC3)c2n1. The number of morpholine rings is 1. The predicted molar refractivity (Wildman–Crippen MR) is 111 cm³/mol. The summed E-state index contributed by atoms with van der Waals surface area (Å²) in [6, 6.07) is 4.45. The minimum atomic E-state index is 0.273. The Balaban J connectivity index is 1.34. The third-order valence-corrected chi connectivity index (χ3v) is 5.92. The molecule has 9 heteroatoms. The van der Waals surface area contributed by atoms with Crippen molar-refractivity contribution in [2.24, 2.45) is 0 Å². The predicted octanol–water partition coefficient (Wildman–Crippen LogP) is 2.55. The Morgan fingerprint density at radius 3 is 2.66 bits per heavy atom. The molecule has 2 fully saturated rings. The number of fused-ring (bicyclic) bond motifs is 1. The molecule has 0 N–H and O–H groups in total. The number of rotatable bonds is 4. The van der Waals surface area contributed by atoms with Gasteiger partial charge in [-0.3, -0.25) is 9.88 Å². The molecule has 0 radical (unpaired) electrons. The van der Waals surface area contributed by atoms with Crippen LogP contribution in [0.15, 0.2) is 30.7 Å². The molecule has 0 aliphatic carbocycles. The van der Waals surface area contributed by atoms with Gasteiger partial charge in [0.25, 0.3) is 0 Å². The summed E-state index contributed by atoms with van der Waals surface area (Å²) in [5.41, 5.74) is 2.09. The van der Waals surface area contributed by atoms with Crippen LogP contribution in [0.5, 0.6) is 0 Å². The molecular formula is C20H24ClN7O. The molecule has 0 unspecified atom stereocenters. The summed E-state index contributed by atoms with van der Waals surface area (Å²) in [7, 11) is 0. The van der Waals surface area contributed by atoms with Crippen molar-refractivity contribution < 1.29 is 4.74 Å². The fourth-order valence-corrected chi connectivity index (χ4v) is 4.40. The van der Waals surface area contributed by atoms with Gasteiger partial charge in [0.2, 0.25) is 5.28 Å². The highest BCUT2D eigenvalue weighted by molar-refractivity contribution is 6.28. The van der Waals surface area contributed by atoms with Crippen LogP contribution in [0.4, 0.5) is 5.82 Å². The van der Waals surface area contributed by atoms with Gasteiger partial charge >= 0.3 is 0 Å². The first-order chi connectivity index (χ1) is 14.3. The lowest BCUT2D eigenvalue weighted by Gasteiger charge is -2.32. The van der Waals surface area contributed by atoms with Gasteiger partial charge in [0.05, 0.1) is 30.8 Å². The first-order valence-corrected chi connectivity index (χ1v) is 10.5. The quantitative estimate of drug-likeness (QED) is 0.608. The van der Waals surface area contributed by atoms with Crippen LogP contribution in [0.1, 0.15) is 24.4 Å². The Kier molecular flexibility index (Phi) is 5.30. The number of hydrogen-bond acceptors (Lipinski definition) is 7. The summed E-state index contributed by atoms with van der Waals surface area (Å²) >= 11 is 6.29. The molecule has 8 nitrogen and oxygen atoms in total. The number of nitrogens with zero attached hydrogens (tertiary/aromatic N) is 7. The lowest BCUT2D eigenvalue weighted by molar-refractivity contribution is 0.122. The van der Waals surface area contributed by atoms with E-state index in [9.17, 15) is 0 Å². The molecule has 2 aliphatic rings. The highest BCUT2D eigenvalue weighted by atomic mass is 35.5. The molecule has 3 aromatic rings. The summed E-state index contributed by atoms with van der Waals surface area (Å²) in [5, 5.41) is 5.93. The van der Waals surface area contributed by atoms with E-state index >= 15 is 0 Å². The van der Waals surface area contributed by atoms with E-state index in [0.29, 0.717) is 19.3 Å². The Morgan fingerprint density at radius 1 is 1.07 bits per heavy atom. The Hall–Kier alpha value is -2.29. The lowest BCUT2D eigenvalue weighted by atomic mass is 10.0. The third-order valence-electron chi connectivity index (χ3n) is 5.75. The number of halogens is 1. The van der Waals surface area contributed by atoms with Crippen molar-refractivity contribution in [3.8, 4) is 0 Å². The Morgan fingerprint density at radius 2 is 1.90 bits per heavy atom. The van der Waals surface area contributed by atoms with Crippen LogP contribution in [0.25, 0.3) is 11.0 Å². The van der Waals surface area contributed by atoms with E-state index in [2.05, 4.69) is 30.8 Å². The summed E-state index contributed by atoms with van der Waals surface area (Å²) in [6.45, 7) is 6.00. The average Bonchev–Trinajstić information content (AvgIpc) is 3.19. The van der Waals surface area contributed by atoms with Crippen LogP contribution >= 0.6 is 11.6 Å². The molecule has 0 atom stereocenters. The molecule has 2 saturated heterocycles. The zero-order chi connectivity index (χ0) is 19.6. The van der Waals surface area contributed by atoms with Crippen molar-refractivity contribution in [1.29, 1.82) is 0 Å². The van der Waals surface area contributed by atoms with E-state index in [1.165, 1.54) is 5.56 Å². The number of hydrogen-bond donors (Lipinski definition) is 0. The second kappa shape index (κ2) is 8.22. The normalized spacial score (nSPS) is 19.1. The maximum atomic E-state index is 6.29. The highest BCUT2D eigenvalue weighted by Gasteiger charge is 2.25. The molecule has 0 amide bonds. The molecule has 0 bridgehead atoms. The fraction of sp³-hybridized carbons (Fsp3) is 0.500. The first kappa shape index (κ1) is 18.7. The van der Waals surface area contributed by atoms with E-state index in [-0.39, 0.29) is 5.28 Å². The zero-order valence-electron chi connectivity index (χ0n) is 16.2. The monoisotopic (exact) mass is 413 g/mol. The van der Waals surface area contributed by atoms with Crippen molar-refractivity contribution in [2.45, 2.75) is 25.4 Å². The standard InChI is InChI=1S/C20H24ClN7O/c21-20-24-18(27-8-10-29-11-9-27)17-13-23-28(19(17)25-20)16-3-6-26(7-4-16)14-15-2-1-5-22-12-15/h1-2,5,12-13,16H,3-4,6-11,14H2. The Labute approximate surface area is 174 Å². The zero-order valence-corrected chi connectivity index (χ0v) is 17.0. The number of ether oxygens (including phenoxy) is 1. The highest BCUT2D eigenvalue weighted by Crippen LogP contribution is 2.31. The van der Waals surface area contributed by atoms with E-state index in [1.807, 2.05) is 29.3 Å². The van der Waals surface area contributed by atoms with Crippen molar-refractivity contribution in [2.75, 3.05) is 44.3 Å². The van der Waals surface area contributed by atoms with Crippen molar-refractivity contribution in [3.05, 3.63) is 41.6 Å². The van der Waals surface area contributed by atoms with Crippen LogP contribution in [0, 0.1) is 0 Å². The molecule has 29 heavy (non-hydrogen) atoms. The third kappa shape index (κ3) is 3.92. The molecule has 5 rings (SSSR count). The van der Waals surface area contributed by atoms with E-state index in [0.717, 1.165) is 62.4 Å². The van der Waals surface area contributed by atoms with Crippen LogP contribution in [0.2, 0.25) is 5.28 Å². The number of aromatic nitrogens is 5. The van der Waals surface area contributed by atoms with Gasteiger partial charge in [0.15, 0.2) is 5.65 Å².